The van der Waals surface area contributed by atoms with Crippen molar-refractivity contribution in [2.45, 2.75) is 44.1 Å². The zero-order valence-electron chi connectivity index (χ0n) is 10.4. The summed E-state index contributed by atoms with van der Waals surface area (Å²) in [6.07, 6.45) is 5.92. The molecule has 2 N–H and O–H groups in total. The summed E-state index contributed by atoms with van der Waals surface area (Å²) in [5, 5.41) is 12.4. The summed E-state index contributed by atoms with van der Waals surface area (Å²) in [4.78, 5) is 0. The summed E-state index contributed by atoms with van der Waals surface area (Å²) in [6, 6.07) is 11.5. The molecule has 2 heteroatoms. The Labute approximate surface area is 104 Å². The molecule has 1 saturated carbocycles. The topological polar surface area (TPSA) is 32.3 Å². The van der Waals surface area contributed by atoms with Crippen LogP contribution in [0.15, 0.2) is 30.3 Å². The standard InChI is InChI=1S/C15H23NO/c17-12-5-4-11-16-15-10-6-9-14(15)13-7-2-1-3-8-13/h1-3,7-8,14-17H,4-6,9-12H2. The highest BCUT2D eigenvalue weighted by Gasteiger charge is 2.27. The van der Waals surface area contributed by atoms with Crippen LogP contribution in [0.25, 0.3) is 0 Å². The van der Waals surface area contributed by atoms with Gasteiger partial charge in [-0.15, -0.1) is 0 Å². The molecule has 1 aromatic rings. The van der Waals surface area contributed by atoms with Crippen LogP contribution in [0.3, 0.4) is 0 Å². The van der Waals surface area contributed by atoms with E-state index in [4.69, 9.17) is 5.11 Å². The molecule has 2 unspecified atom stereocenters. The number of unbranched alkanes of at least 4 members (excludes halogenated alkanes) is 1. The molecule has 2 nitrogen and oxygen atoms in total. The van der Waals surface area contributed by atoms with Crippen molar-refractivity contribution in [2.75, 3.05) is 13.2 Å². The van der Waals surface area contributed by atoms with Gasteiger partial charge < -0.3 is 10.4 Å². The van der Waals surface area contributed by atoms with Crippen molar-refractivity contribution in [2.24, 2.45) is 0 Å². The van der Waals surface area contributed by atoms with E-state index in [0.717, 1.165) is 19.4 Å². The highest BCUT2D eigenvalue weighted by Crippen LogP contribution is 2.34. The van der Waals surface area contributed by atoms with Crippen molar-refractivity contribution in [3.8, 4) is 0 Å². The fourth-order valence-electron chi connectivity index (χ4n) is 2.83. The molecule has 1 aliphatic carbocycles. The SMILES string of the molecule is OCCCCNC1CCCC1c1ccccc1. The van der Waals surface area contributed by atoms with Crippen LogP contribution in [-0.2, 0) is 0 Å². The fraction of sp³-hybridized carbons (Fsp3) is 0.600. The van der Waals surface area contributed by atoms with Gasteiger partial charge in [-0.3, -0.25) is 0 Å². The average molecular weight is 233 g/mol. The summed E-state index contributed by atoms with van der Waals surface area (Å²) < 4.78 is 0. The molecule has 0 heterocycles. The van der Waals surface area contributed by atoms with Gasteiger partial charge in [0.2, 0.25) is 0 Å². The first-order valence-electron chi connectivity index (χ1n) is 6.81. The molecule has 1 fully saturated rings. The van der Waals surface area contributed by atoms with E-state index in [1.165, 1.54) is 24.8 Å². The zero-order valence-corrected chi connectivity index (χ0v) is 10.4. The maximum absolute atomic E-state index is 8.76. The minimum Gasteiger partial charge on any atom is -0.396 e. The van der Waals surface area contributed by atoms with Crippen LogP contribution in [0, 0.1) is 0 Å². The molecule has 1 aliphatic rings. The minimum absolute atomic E-state index is 0.314. The molecule has 1 aromatic carbocycles. The van der Waals surface area contributed by atoms with Crippen LogP contribution >= 0.6 is 0 Å². The molecule has 0 aliphatic heterocycles. The van der Waals surface area contributed by atoms with Gasteiger partial charge in [0.25, 0.3) is 0 Å². The van der Waals surface area contributed by atoms with Crippen LogP contribution < -0.4 is 5.32 Å². The molecular formula is C15H23NO. The van der Waals surface area contributed by atoms with Gasteiger partial charge in [-0.2, -0.15) is 0 Å². The van der Waals surface area contributed by atoms with Crippen LogP contribution in [0.5, 0.6) is 0 Å². The third-order valence-electron chi connectivity index (χ3n) is 3.74. The number of aliphatic hydroxyl groups excluding tert-OH is 1. The molecule has 0 radical (unpaired) electrons. The second-order valence-corrected chi connectivity index (χ2v) is 4.94. The largest absolute Gasteiger partial charge is 0.396 e. The number of rotatable bonds is 6. The van der Waals surface area contributed by atoms with Gasteiger partial charge >= 0.3 is 0 Å². The highest BCUT2D eigenvalue weighted by atomic mass is 16.2. The number of benzene rings is 1. The lowest BCUT2D eigenvalue weighted by molar-refractivity contribution is 0.282. The maximum Gasteiger partial charge on any atom is 0.0431 e. The van der Waals surface area contributed by atoms with Crippen molar-refractivity contribution in [1.29, 1.82) is 0 Å². The Hall–Kier alpha value is -0.860. The summed E-state index contributed by atoms with van der Waals surface area (Å²) in [7, 11) is 0. The number of aliphatic hydroxyl groups is 1. The van der Waals surface area contributed by atoms with E-state index in [9.17, 15) is 0 Å². The number of hydrogen-bond donors (Lipinski definition) is 2. The molecule has 0 saturated heterocycles. The van der Waals surface area contributed by atoms with E-state index in [2.05, 4.69) is 35.6 Å². The van der Waals surface area contributed by atoms with Crippen molar-refractivity contribution in [1.82, 2.24) is 5.32 Å². The number of nitrogens with one attached hydrogen (secondary N) is 1. The highest BCUT2D eigenvalue weighted by molar-refractivity contribution is 5.22. The van der Waals surface area contributed by atoms with Crippen molar-refractivity contribution in [3.05, 3.63) is 35.9 Å². The summed E-state index contributed by atoms with van der Waals surface area (Å²) in [5.74, 6) is 0.685. The molecule has 0 aromatic heterocycles. The fourth-order valence-corrected chi connectivity index (χ4v) is 2.83. The van der Waals surface area contributed by atoms with Gasteiger partial charge in [0.1, 0.15) is 0 Å². The predicted octanol–water partition coefficient (Wildman–Crippen LogP) is 2.68. The normalized spacial score (nSPS) is 24.1. The Balaban J connectivity index is 1.85. The lowest BCUT2D eigenvalue weighted by Crippen LogP contribution is -2.32. The third-order valence-corrected chi connectivity index (χ3v) is 3.74. The van der Waals surface area contributed by atoms with Crippen molar-refractivity contribution < 1.29 is 5.11 Å². The smallest absolute Gasteiger partial charge is 0.0431 e. The third kappa shape index (κ3) is 3.55. The van der Waals surface area contributed by atoms with Gasteiger partial charge in [-0.1, -0.05) is 36.8 Å². The summed E-state index contributed by atoms with van der Waals surface area (Å²) >= 11 is 0. The van der Waals surface area contributed by atoms with E-state index in [-0.39, 0.29) is 0 Å². The Bertz CT molecular complexity index is 312. The van der Waals surface area contributed by atoms with Crippen LogP contribution in [0.1, 0.15) is 43.6 Å². The van der Waals surface area contributed by atoms with Crippen molar-refractivity contribution >= 4 is 0 Å². The average Bonchev–Trinajstić information content (AvgIpc) is 2.84. The Morgan fingerprint density at radius 3 is 2.71 bits per heavy atom. The minimum atomic E-state index is 0.314. The lowest BCUT2D eigenvalue weighted by atomic mass is 9.94. The first-order valence-corrected chi connectivity index (χ1v) is 6.81. The monoisotopic (exact) mass is 233 g/mol. The first kappa shape index (κ1) is 12.6. The molecule has 17 heavy (non-hydrogen) atoms. The quantitative estimate of drug-likeness (QED) is 0.740. The van der Waals surface area contributed by atoms with Gasteiger partial charge in [0, 0.05) is 12.6 Å². The van der Waals surface area contributed by atoms with E-state index in [1.54, 1.807) is 0 Å². The molecule has 0 amide bonds. The van der Waals surface area contributed by atoms with Gasteiger partial charge in [0.05, 0.1) is 0 Å². The first-order chi connectivity index (χ1) is 8.42. The van der Waals surface area contributed by atoms with Crippen LogP contribution in [0.4, 0.5) is 0 Å². The van der Waals surface area contributed by atoms with Crippen molar-refractivity contribution in [3.63, 3.8) is 0 Å². The Kier molecular flexibility index (Phi) is 5.02. The number of hydrogen-bond acceptors (Lipinski definition) is 2. The predicted molar refractivity (Wildman–Crippen MR) is 71.1 cm³/mol. The second kappa shape index (κ2) is 6.77. The molecular weight excluding hydrogens is 210 g/mol. The van der Waals surface area contributed by atoms with E-state index in [1.807, 2.05) is 0 Å². The molecule has 2 atom stereocenters. The molecule has 2 rings (SSSR count). The second-order valence-electron chi connectivity index (χ2n) is 4.94. The molecule has 0 spiro atoms. The lowest BCUT2D eigenvalue weighted by Gasteiger charge is -2.21. The molecule has 94 valence electrons. The summed E-state index contributed by atoms with van der Waals surface area (Å²) in [5.41, 5.74) is 1.48. The van der Waals surface area contributed by atoms with E-state index < -0.39 is 0 Å². The van der Waals surface area contributed by atoms with Crippen LogP contribution in [-0.4, -0.2) is 24.3 Å². The van der Waals surface area contributed by atoms with Crippen LogP contribution in [0.2, 0.25) is 0 Å². The molecule has 0 bridgehead atoms. The van der Waals surface area contributed by atoms with E-state index in [0.29, 0.717) is 18.6 Å². The Morgan fingerprint density at radius 1 is 1.12 bits per heavy atom. The van der Waals surface area contributed by atoms with E-state index >= 15 is 0 Å². The Morgan fingerprint density at radius 2 is 1.94 bits per heavy atom. The van der Waals surface area contributed by atoms with Gasteiger partial charge in [0.15, 0.2) is 0 Å². The maximum atomic E-state index is 8.76. The summed E-state index contributed by atoms with van der Waals surface area (Å²) in [6.45, 7) is 1.35. The zero-order chi connectivity index (χ0) is 11.9. The van der Waals surface area contributed by atoms with Gasteiger partial charge in [-0.25, -0.2) is 0 Å². The van der Waals surface area contributed by atoms with Gasteiger partial charge in [-0.05, 0) is 43.7 Å².